The molecule has 0 amide bonds. The first kappa shape index (κ1) is 27.5. The van der Waals surface area contributed by atoms with Gasteiger partial charge in [0.2, 0.25) is 5.78 Å². The van der Waals surface area contributed by atoms with Gasteiger partial charge in [-0.15, -0.1) is 0 Å². The van der Waals surface area contributed by atoms with E-state index in [9.17, 15) is 40.2 Å². The van der Waals surface area contributed by atoms with E-state index in [1.54, 1.807) is 6.92 Å². The van der Waals surface area contributed by atoms with E-state index in [4.69, 9.17) is 19.9 Å². The fourth-order valence-electron chi connectivity index (χ4n) is 5.84. The average Bonchev–Trinajstić information content (AvgIpc) is 2.90. The number of aliphatic hydroxyl groups is 4. The van der Waals surface area contributed by atoms with Crippen LogP contribution in [0.5, 0.6) is 17.2 Å². The van der Waals surface area contributed by atoms with Crippen molar-refractivity contribution in [2.24, 2.45) is 5.73 Å². The van der Waals surface area contributed by atoms with E-state index in [1.807, 2.05) is 0 Å². The van der Waals surface area contributed by atoms with Crippen LogP contribution in [0.15, 0.2) is 18.2 Å². The Bertz CT molecular complexity index is 1330. The van der Waals surface area contributed by atoms with Gasteiger partial charge in [0.25, 0.3) is 0 Å². The monoisotopic (exact) mass is 545 g/mol. The first-order valence-corrected chi connectivity index (χ1v) is 12.6. The molecule has 12 nitrogen and oxygen atoms in total. The molecule has 0 radical (unpaired) electrons. The second kappa shape index (κ2) is 9.82. The molecule has 1 aliphatic heterocycles. The van der Waals surface area contributed by atoms with Crippen LogP contribution in [-0.2, 0) is 15.9 Å². The summed E-state index contributed by atoms with van der Waals surface area (Å²) in [4.78, 5) is 27.2. The average molecular weight is 546 g/mol. The van der Waals surface area contributed by atoms with Crippen molar-refractivity contribution in [3.05, 3.63) is 51.6 Å². The van der Waals surface area contributed by atoms with Gasteiger partial charge in [-0.05, 0) is 13.0 Å². The van der Waals surface area contributed by atoms with E-state index in [2.05, 4.69) is 0 Å². The fraction of sp³-hybridized carbons (Fsp3) is 0.481. The molecule has 1 fully saturated rings. The van der Waals surface area contributed by atoms with Crippen molar-refractivity contribution >= 4 is 11.6 Å². The second-order valence-corrected chi connectivity index (χ2v) is 10.3. The van der Waals surface area contributed by atoms with Crippen LogP contribution in [0, 0.1) is 0 Å². The molecule has 1 saturated heterocycles. The van der Waals surface area contributed by atoms with Crippen LogP contribution >= 0.6 is 0 Å². The van der Waals surface area contributed by atoms with Gasteiger partial charge in [0, 0.05) is 42.0 Å². The summed E-state index contributed by atoms with van der Waals surface area (Å²) >= 11 is 0. The van der Waals surface area contributed by atoms with Crippen LogP contribution in [0.4, 0.5) is 0 Å². The molecule has 7 atom stereocenters. The van der Waals surface area contributed by atoms with Crippen molar-refractivity contribution in [3.8, 4) is 17.2 Å². The summed E-state index contributed by atoms with van der Waals surface area (Å²) in [5.74, 6) is -2.68. The van der Waals surface area contributed by atoms with E-state index >= 15 is 0 Å². The molecule has 2 aliphatic carbocycles. The minimum atomic E-state index is -2.05. The third-order valence-corrected chi connectivity index (χ3v) is 7.97. The Balaban J connectivity index is 1.68. The number of aliphatic hydroxyl groups excluding tert-OH is 3. The maximum Gasteiger partial charge on any atom is 0.202 e. The minimum absolute atomic E-state index is 0.0343. The van der Waals surface area contributed by atoms with Gasteiger partial charge in [-0.1, -0.05) is 12.1 Å². The maximum atomic E-state index is 13.7. The summed E-state index contributed by atoms with van der Waals surface area (Å²) in [6.07, 6.45) is -6.45. The molecule has 0 aromatic heterocycles. The zero-order chi connectivity index (χ0) is 28.4. The molecule has 0 unspecified atom stereocenters. The summed E-state index contributed by atoms with van der Waals surface area (Å²) in [6.45, 7) is 0.768. The Hall–Kier alpha value is -3.10. The van der Waals surface area contributed by atoms with Gasteiger partial charge in [0.15, 0.2) is 12.1 Å². The van der Waals surface area contributed by atoms with Crippen LogP contribution < -0.4 is 10.5 Å². The zero-order valence-corrected chi connectivity index (χ0v) is 21.3. The van der Waals surface area contributed by atoms with E-state index in [0.29, 0.717) is 0 Å². The lowest BCUT2D eigenvalue weighted by Gasteiger charge is -2.44. The Kier molecular flexibility index (Phi) is 6.92. The molecule has 8 N–H and O–H groups in total. The van der Waals surface area contributed by atoms with Crippen LogP contribution in [0.25, 0.3) is 0 Å². The molecule has 210 valence electrons. The van der Waals surface area contributed by atoms with Crippen molar-refractivity contribution in [2.45, 2.75) is 68.5 Å². The molecular weight excluding hydrogens is 514 g/mol. The van der Waals surface area contributed by atoms with E-state index in [0.717, 1.165) is 0 Å². The predicted molar refractivity (Wildman–Crippen MR) is 133 cm³/mol. The van der Waals surface area contributed by atoms with Crippen molar-refractivity contribution < 1.29 is 54.4 Å². The van der Waals surface area contributed by atoms with E-state index in [-0.39, 0.29) is 40.8 Å². The zero-order valence-electron chi connectivity index (χ0n) is 21.3. The van der Waals surface area contributed by atoms with E-state index < -0.39 is 89.6 Å². The van der Waals surface area contributed by atoms with Gasteiger partial charge in [0.1, 0.15) is 23.4 Å². The highest BCUT2D eigenvalue weighted by Gasteiger charge is 2.50. The number of methoxy groups -OCH3 is 1. The first-order valence-electron chi connectivity index (χ1n) is 12.6. The summed E-state index contributed by atoms with van der Waals surface area (Å²) in [5.41, 5.74) is 2.77. The number of benzene rings is 2. The summed E-state index contributed by atoms with van der Waals surface area (Å²) in [6, 6.07) is 3.69. The number of fused-ring (bicyclic) bond motifs is 3. The lowest BCUT2D eigenvalue weighted by Crippen LogP contribution is -2.53. The maximum absolute atomic E-state index is 13.7. The molecule has 5 rings (SSSR count). The van der Waals surface area contributed by atoms with Gasteiger partial charge in [0.05, 0.1) is 54.3 Å². The lowest BCUT2D eigenvalue weighted by atomic mass is 9.71. The lowest BCUT2D eigenvalue weighted by molar-refractivity contribution is -0.251. The van der Waals surface area contributed by atoms with Crippen LogP contribution in [0.3, 0.4) is 0 Å². The molecule has 1 heterocycles. The molecular formula is C27H31NO11. The minimum Gasteiger partial charge on any atom is -0.507 e. The predicted octanol–water partition coefficient (Wildman–Crippen LogP) is -0.207. The van der Waals surface area contributed by atoms with Crippen LogP contribution in [0.1, 0.15) is 68.8 Å². The number of nitrogens with two attached hydrogens (primary N) is 1. The van der Waals surface area contributed by atoms with Gasteiger partial charge < -0.3 is 50.6 Å². The topological polar surface area (TPSA) is 209 Å². The molecule has 12 heteroatoms. The third-order valence-electron chi connectivity index (χ3n) is 7.97. The number of carbonyl (C=O) groups is 2. The van der Waals surface area contributed by atoms with Gasteiger partial charge in [-0.2, -0.15) is 0 Å². The number of carbonyl (C=O) groups excluding carboxylic acids is 2. The quantitative estimate of drug-likeness (QED) is 0.208. The summed E-state index contributed by atoms with van der Waals surface area (Å²) in [5, 5.41) is 64.4. The molecule has 0 spiro atoms. The summed E-state index contributed by atoms with van der Waals surface area (Å²) < 4.78 is 17.1. The number of ketones is 2. The highest BCUT2D eigenvalue weighted by atomic mass is 16.7. The number of rotatable bonds is 5. The molecule has 3 aliphatic rings. The van der Waals surface area contributed by atoms with Crippen LogP contribution in [-0.4, -0.2) is 92.2 Å². The Morgan fingerprint density at radius 2 is 1.85 bits per heavy atom. The smallest absolute Gasteiger partial charge is 0.202 e. The van der Waals surface area contributed by atoms with Crippen LogP contribution in [0.2, 0.25) is 0 Å². The van der Waals surface area contributed by atoms with Crippen molar-refractivity contribution in [2.75, 3.05) is 13.7 Å². The first-order chi connectivity index (χ1) is 18.4. The van der Waals surface area contributed by atoms with Gasteiger partial charge in [-0.3, -0.25) is 9.59 Å². The second-order valence-electron chi connectivity index (χ2n) is 10.3. The highest BCUT2D eigenvalue weighted by molar-refractivity contribution is 6.31. The number of hydrogen-bond donors (Lipinski definition) is 7. The van der Waals surface area contributed by atoms with E-state index in [1.165, 1.54) is 25.3 Å². The molecule has 39 heavy (non-hydrogen) atoms. The summed E-state index contributed by atoms with van der Waals surface area (Å²) in [7, 11) is 1.33. The molecule has 2 aromatic carbocycles. The standard InChI is InChI=1S/C27H31NO11/c1-10-22(31)13(28)6-17(38-10)39-15-8-27(36,16(30)9-29)7-12-19(15)26(35)21-20(24(12)33)23(32)11-4-3-5-14(37-2)18(11)25(21)34/h3-5,10,13,15-17,22,29-31,33,35-36H,6-9,28H2,1-2H3/t10-,13+,15+,16-,17-,22+,27-/m1/s1. The normalized spacial score (nSPS) is 30.8. The molecule has 0 saturated carbocycles. The number of hydrogen-bond acceptors (Lipinski definition) is 12. The van der Waals surface area contributed by atoms with Crippen molar-refractivity contribution in [3.63, 3.8) is 0 Å². The highest BCUT2D eigenvalue weighted by Crippen LogP contribution is 2.52. The number of ether oxygens (including phenoxy) is 3. The third kappa shape index (κ3) is 4.19. The number of phenols is 2. The number of aromatic hydroxyl groups is 2. The van der Waals surface area contributed by atoms with Crippen molar-refractivity contribution in [1.29, 1.82) is 0 Å². The molecule has 2 aromatic rings. The fourth-order valence-corrected chi connectivity index (χ4v) is 5.84. The largest absolute Gasteiger partial charge is 0.507 e. The SMILES string of the molecule is COc1cccc2c1C(=O)c1c(O)c3c(c(O)c1C2=O)C[C@](O)([C@H](O)CO)C[C@@H]3O[C@@H]1C[C@H](N)[C@@H](O)[C@@H](C)O1. The Morgan fingerprint density at radius 3 is 2.49 bits per heavy atom. The Morgan fingerprint density at radius 1 is 1.15 bits per heavy atom. The van der Waals surface area contributed by atoms with Crippen molar-refractivity contribution in [1.82, 2.24) is 0 Å². The Labute approximate surface area is 223 Å². The van der Waals surface area contributed by atoms with Gasteiger partial charge in [-0.25, -0.2) is 0 Å². The molecule has 0 bridgehead atoms. The van der Waals surface area contributed by atoms with Gasteiger partial charge >= 0.3 is 0 Å². The number of phenolic OH excluding ortho intramolecular Hbond substituents is 2.